The van der Waals surface area contributed by atoms with Crippen LogP contribution in [-0.4, -0.2) is 29.9 Å². The summed E-state index contributed by atoms with van der Waals surface area (Å²) < 4.78 is 37.8. The van der Waals surface area contributed by atoms with Gasteiger partial charge in [-0.1, -0.05) is 24.3 Å². The van der Waals surface area contributed by atoms with Gasteiger partial charge in [0.05, 0.1) is 23.4 Å². The van der Waals surface area contributed by atoms with Gasteiger partial charge in [-0.2, -0.15) is 13.2 Å². The molecule has 1 aliphatic rings. The summed E-state index contributed by atoms with van der Waals surface area (Å²) in [6, 6.07) is 11.0. The third kappa shape index (κ3) is 5.03. The summed E-state index contributed by atoms with van der Waals surface area (Å²) in [6.45, 7) is 1.41. The third-order valence-corrected chi connectivity index (χ3v) is 4.48. The van der Waals surface area contributed by atoms with Gasteiger partial charge in [0.25, 0.3) is 0 Å². The highest BCUT2D eigenvalue weighted by molar-refractivity contribution is 5.99. The first-order chi connectivity index (χ1) is 13.3. The summed E-state index contributed by atoms with van der Waals surface area (Å²) in [4.78, 5) is 26.3. The van der Waals surface area contributed by atoms with Crippen LogP contribution in [0.5, 0.6) is 0 Å². The lowest BCUT2D eigenvalue weighted by Crippen LogP contribution is -2.32. The van der Waals surface area contributed by atoms with E-state index < -0.39 is 11.7 Å². The van der Waals surface area contributed by atoms with Crippen molar-refractivity contribution in [3.8, 4) is 0 Å². The number of carbonyl (C=O) groups excluding carboxylic acids is 2. The molecule has 5 nitrogen and oxygen atoms in total. The van der Waals surface area contributed by atoms with E-state index >= 15 is 0 Å². The average Bonchev–Trinajstić information content (AvgIpc) is 3.18. The number of urea groups is 1. The van der Waals surface area contributed by atoms with Crippen LogP contribution in [0.2, 0.25) is 0 Å². The number of hydrogen-bond donors (Lipinski definition) is 2. The average molecular weight is 391 g/mol. The second-order valence-corrected chi connectivity index (χ2v) is 6.59. The van der Waals surface area contributed by atoms with Crippen LogP contribution < -0.4 is 10.6 Å². The third-order valence-electron chi connectivity index (χ3n) is 4.48. The number of nitrogens with one attached hydrogen (secondary N) is 2. The van der Waals surface area contributed by atoms with Crippen molar-refractivity contribution < 1.29 is 22.8 Å². The molecule has 148 valence electrons. The lowest BCUT2D eigenvalue weighted by molar-refractivity contribution is -0.137. The Morgan fingerprint density at radius 2 is 1.46 bits per heavy atom. The van der Waals surface area contributed by atoms with Crippen LogP contribution in [-0.2, 0) is 17.4 Å². The first-order valence-corrected chi connectivity index (χ1v) is 8.94. The van der Waals surface area contributed by atoms with E-state index in [9.17, 15) is 22.8 Å². The fraction of sp³-hybridized carbons (Fsp3) is 0.300. The largest absolute Gasteiger partial charge is 0.416 e. The standard InChI is InChI=1S/C20H20F3N3O2/c21-20(22,23)15-9-7-14(8-10-15)13-18(27)24-16-5-1-2-6-17(16)25-19(28)26-11-3-4-12-26/h1-2,5-10H,3-4,11-13H2,(H,24,27)(H,25,28). The molecule has 1 fully saturated rings. The van der Waals surface area contributed by atoms with E-state index in [0.717, 1.165) is 25.0 Å². The molecule has 0 saturated carbocycles. The Labute approximate surface area is 160 Å². The number of benzene rings is 2. The lowest BCUT2D eigenvalue weighted by Gasteiger charge is -2.18. The predicted octanol–water partition coefficient (Wildman–Crippen LogP) is 4.51. The molecule has 0 radical (unpaired) electrons. The molecular weight excluding hydrogens is 371 g/mol. The van der Waals surface area contributed by atoms with Gasteiger partial charge >= 0.3 is 12.2 Å². The second-order valence-electron chi connectivity index (χ2n) is 6.59. The van der Waals surface area contributed by atoms with E-state index in [4.69, 9.17) is 0 Å². The van der Waals surface area contributed by atoms with Crippen LogP contribution in [0.4, 0.5) is 29.3 Å². The molecule has 0 atom stereocenters. The van der Waals surface area contributed by atoms with E-state index in [1.165, 1.54) is 12.1 Å². The highest BCUT2D eigenvalue weighted by Gasteiger charge is 2.30. The molecule has 28 heavy (non-hydrogen) atoms. The fourth-order valence-corrected chi connectivity index (χ4v) is 3.01. The van der Waals surface area contributed by atoms with Gasteiger partial charge in [-0.3, -0.25) is 4.79 Å². The monoisotopic (exact) mass is 391 g/mol. The fourth-order valence-electron chi connectivity index (χ4n) is 3.01. The van der Waals surface area contributed by atoms with Crippen molar-refractivity contribution in [2.45, 2.75) is 25.4 Å². The van der Waals surface area contributed by atoms with Crippen LogP contribution in [0, 0.1) is 0 Å². The van der Waals surface area contributed by atoms with Crippen LogP contribution in [0.25, 0.3) is 0 Å². The van der Waals surface area contributed by atoms with E-state index in [-0.39, 0.29) is 18.4 Å². The summed E-state index contributed by atoms with van der Waals surface area (Å²) in [5.41, 5.74) is 0.614. The molecule has 1 aliphatic heterocycles. The van der Waals surface area contributed by atoms with E-state index in [2.05, 4.69) is 10.6 Å². The van der Waals surface area contributed by atoms with E-state index in [0.29, 0.717) is 30.0 Å². The first kappa shape index (κ1) is 19.7. The molecule has 0 aliphatic carbocycles. The van der Waals surface area contributed by atoms with Crippen molar-refractivity contribution >= 4 is 23.3 Å². The van der Waals surface area contributed by atoms with Crippen molar-refractivity contribution in [1.29, 1.82) is 0 Å². The van der Waals surface area contributed by atoms with Gasteiger partial charge in [0.15, 0.2) is 0 Å². The molecule has 3 amide bonds. The number of alkyl halides is 3. The normalized spacial score (nSPS) is 14.0. The van der Waals surface area contributed by atoms with Crippen molar-refractivity contribution in [2.75, 3.05) is 23.7 Å². The smallest absolute Gasteiger partial charge is 0.325 e. The number of hydrogen-bond acceptors (Lipinski definition) is 2. The zero-order valence-electron chi connectivity index (χ0n) is 15.1. The molecule has 2 N–H and O–H groups in total. The summed E-state index contributed by atoms with van der Waals surface area (Å²) >= 11 is 0. The number of halogens is 3. The number of nitrogens with zero attached hydrogens (tertiary/aromatic N) is 1. The van der Waals surface area contributed by atoms with Gasteiger partial charge in [-0.25, -0.2) is 4.79 Å². The van der Waals surface area contributed by atoms with Crippen LogP contribution in [0.15, 0.2) is 48.5 Å². The van der Waals surface area contributed by atoms with Gasteiger partial charge in [0.2, 0.25) is 5.91 Å². The number of anilines is 2. The Balaban J connectivity index is 1.63. The Kier molecular flexibility index (Phi) is 5.87. The topological polar surface area (TPSA) is 61.4 Å². The zero-order valence-corrected chi connectivity index (χ0v) is 15.1. The van der Waals surface area contributed by atoms with Crippen LogP contribution in [0.3, 0.4) is 0 Å². The Morgan fingerprint density at radius 1 is 0.893 bits per heavy atom. The molecule has 0 bridgehead atoms. The van der Waals surface area contributed by atoms with Gasteiger partial charge < -0.3 is 15.5 Å². The molecular formula is C20H20F3N3O2. The molecule has 1 heterocycles. The zero-order chi connectivity index (χ0) is 20.1. The maximum Gasteiger partial charge on any atom is 0.416 e. The summed E-state index contributed by atoms with van der Waals surface area (Å²) in [5.74, 6) is -0.386. The second kappa shape index (κ2) is 8.33. The molecule has 1 saturated heterocycles. The molecule has 2 aromatic carbocycles. The van der Waals surface area contributed by atoms with Crippen molar-refractivity contribution in [1.82, 2.24) is 4.90 Å². The number of likely N-dealkylation sites (tertiary alicyclic amines) is 1. The summed E-state index contributed by atoms with van der Waals surface area (Å²) in [6.07, 6.45) is -2.54. The number of para-hydroxylation sites is 2. The van der Waals surface area contributed by atoms with Crippen LogP contribution in [0.1, 0.15) is 24.0 Å². The molecule has 8 heteroatoms. The maximum absolute atomic E-state index is 12.6. The van der Waals surface area contributed by atoms with Gasteiger partial charge in [0, 0.05) is 13.1 Å². The molecule has 0 aromatic heterocycles. The van der Waals surface area contributed by atoms with Crippen LogP contribution >= 0.6 is 0 Å². The minimum Gasteiger partial charge on any atom is -0.325 e. The number of amides is 3. The number of carbonyl (C=O) groups is 2. The van der Waals surface area contributed by atoms with Gasteiger partial charge in [-0.05, 0) is 42.7 Å². The first-order valence-electron chi connectivity index (χ1n) is 8.94. The SMILES string of the molecule is O=C(Cc1ccc(C(F)(F)F)cc1)Nc1ccccc1NC(=O)N1CCCC1. The van der Waals surface area contributed by atoms with Crippen molar-refractivity contribution in [3.63, 3.8) is 0 Å². The van der Waals surface area contributed by atoms with E-state index in [1.807, 2.05) is 0 Å². The number of rotatable bonds is 4. The molecule has 0 spiro atoms. The minimum absolute atomic E-state index is 0.0768. The lowest BCUT2D eigenvalue weighted by atomic mass is 10.1. The van der Waals surface area contributed by atoms with Crippen molar-refractivity contribution in [3.05, 3.63) is 59.7 Å². The highest BCUT2D eigenvalue weighted by atomic mass is 19.4. The molecule has 3 rings (SSSR count). The Hall–Kier alpha value is -3.03. The molecule has 2 aromatic rings. The predicted molar refractivity (Wildman–Crippen MR) is 100 cm³/mol. The molecule has 0 unspecified atom stereocenters. The van der Waals surface area contributed by atoms with Gasteiger partial charge in [-0.15, -0.1) is 0 Å². The summed E-state index contributed by atoms with van der Waals surface area (Å²) in [5, 5.41) is 5.50. The Bertz CT molecular complexity index is 845. The van der Waals surface area contributed by atoms with E-state index in [1.54, 1.807) is 29.2 Å². The quantitative estimate of drug-likeness (QED) is 0.805. The Morgan fingerprint density at radius 3 is 2.04 bits per heavy atom. The highest BCUT2D eigenvalue weighted by Crippen LogP contribution is 2.29. The minimum atomic E-state index is -4.41. The summed E-state index contributed by atoms with van der Waals surface area (Å²) in [7, 11) is 0. The maximum atomic E-state index is 12.6. The van der Waals surface area contributed by atoms with Gasteiger partial charge in [0.1, 0.15) is 0 Å². The van der Waals surface area contributed by atoms with Crippen molar-refractivity contribution in [2.24, 2.45) is 0 Å².